The Kier molecular flexibility index (Phi) is 3.36. The summed E-state index contributed by atoms with van der Waals surface area (Å²) in [6.07, 6.45) is 0.769. The number of rotatable bonds is 3. The summed E-state index contributed by atoms with van der Waals surface area (Å²) in [5.41, 5.74) is 9.85. The van der Waals surface area contributed by atoms with Crippen LogP contribution >= 0.6 is 11.6 Å². The molecule has 0 saturated heterocycles. The molecule has 0 amide bonds. The van der Waals surface area contributed by atoms with E-state index in [0.29, 0.717) is 0 Å². The van der Waals surface area contributed by atoms with E-state index in [1.807, 2.05) is 36.4 Å². The zero-order chi connectivity index (χ0) is 14.1. The van der Waals surface area contributed by atoms with E-state index < -0.39 is 0 Å². The number of nitrogens with two attached hydrogens (primary N) is 1. The van der Waals surface area contributed by atoms with Gasteiger partial charge in [-0.25, -0.2) is 4.98 Å². The fourth-order valence-corrected chi connectivity index (χ4v) is 2.69. The zero-order valence-electron chi connectivity index (χ0n) is 11.3. The number of fused-ring (bicyclic) bond motifs is 1. The second-order valence-corrected chi connectivity index (χ2v) is 5.26. The number of nitrogen functional groups attached to an aromatic ring is 1. The Morgan fingerprint density at radius 1 is 1.20 bits per heavy atom. The summed E-state index contributed by atoms with van der Waals surface area (Å²) in [5, 5.41) is 0.739. The zero-order valence-corrected chi connectivity index (χ0v) is 12.1. The van der Waals surface area contributed by atoms with Crippen LogP contribution in [0.15, 0.2) is 42.5 Å². The van der Waals surface area contributed by atoms with Crippen molar-refractivity contribution in [3.63, 3.8) is 0 Å². The number of hydrogen-bond acceptors (Lipinski definition) is 2. The summed E-state index contributed by atoms with van der Waals surface area (Å²) in [5.74, 6) is 1.04. The highest BCUT2D eigenvalue weighted by Crippen LogP contribution is 2.22. The fraction of sp³-hybridized carbons (Fsp3) is 0.188. The minimum absolute atomic E-state index is 0.739. The molecule has 3 nitrogen and oxygen atoms in total. The predicted octanol–water partition coefficient (Wildman–Crippen LogP) is 3.88. The first-order valence-corrected chi connectivity index (χ1v) is 7.04. The van der Waals surface area contributed by atoms with E-state index in [4.69, 9.17) is 22.3 Å². The molecule has 3 aromatic rings. The van der Waals surface area contributed by atoms with Crippen LogP contribution in [0.4, 0.5) is 5.69 Å². The largest absolute Gasteiger partial charge is 0.399 e. The molecule has 0 spiro atoms. The van der Waals surface area contributed by atoms with Gasteiger partial charge in [-0.05, 0) is 42.8 Å². The van der Waals surface area contributed by atoms with Crippen molar-refractivity contribution in [1.82, 2.24) is 9.55 Å². The third-order valence-electron chi connectivity index (χ3n) is 3.42. The molecule has 0 fully saturated rings. The highest BCUT2D eigenvalue weighted by Gasteiger charge is 2.10. The van der Waals surface area contributed by atoms with E-state index in [1.165, 1.54) is 5.56 Å². The van der Waals surface area contributed by atoms with Crippen LogP contribution in [0.25, 0.3) is 11.0 Å². The Morgan fingerprint density at radius 2 is 2.05 bits per heavy atom. The molecule has 0 unspecified atom stereocenters. The van der Waals surface area contributed by atoms with Gasteiger partial charge >= 0.3 is 0 Å². The van der Waals surface area contributed by atoms with Crippen LogP contribution in [0.2, 0.25) is 5.02 Å². The van der Waals surface area contributed by atoms with Crippen molar-refractivity contribution in [3.05, 3.63) is 58.9 Å². The van der Waals surface area contributed by atoms with Gasteiger partial charge in [-0.2, -0.15) is 0 Å². The molecule has 2 N–H and O–H groups in total. The third-order valence-corrected chi connectivity index (χ3v) is 3.65. The first kappa shape index (κ1) is 13.0. The van der Waals surface area contributed by atoms with Crippen LogP contribution in [-0.4, -0.2) is 9.55 Å². The van der Waals surface area contributed by atoms with E-state index in [2.05, 4.69) is 17.6 Å². The van der Waals surface area contributed by atoms with E-state index in [-0.39, 0.29) is 0 Å². The van der Waals surface area contributed by atoms with Gasteiger partial charge in [0.15, 0.2) is 0 Å². The highest BCUT2D eigenvalue weighted by atomic mass is 35.5. The normalized spacial score (nSPS) is 11.1. The standard InChI is InChI=1S/C16H16ClN3/c1-2-20-15-10-12(17)6-7-14(15)19-16(20)9-11-4-3-5-13(18)8-11/h3-8,10H,2,9,18H2,1H3. The number of imidazole rings is 1. The van der Waals surface area contributed by atoms with Gasteiger partial charge in [0, 0.05) is 23.7 Å². The number of aryl methyl sites for hydroxylation is 1. The maximum atomic E-state index is 6.08. The first-order valence-electron chi connectivity index (χ1n) is 6.66. The number of anilines is 1. The summed E-state index contributed by atoms with van der Waals surface area (Å²) in [6.45, 7) is 2.99. The minimum atomic E-state index is 0.739. The lowest BCUT2D eigenvalue weighted by Crippen LogP contribution is -2.03. The molecular formula is C16H16ClN3. The number of benzene rings is 2. The average Bonchev–Trinajstić information content (AvgIpc) is 2.75. The quantitative estimate of drug-likeness (QED) is 0.742. The topological polar surface area (TPSA) is 43.8 Å². The smallest absolute Gasteiger partial charge is 0.114 e. The maximum absolute atomic E-state index is 6.08. The second kappa shape index (κ2) is 5.17. The third kappa shape index (κ3) is 2.37. The van der Waals surface area contributed by atoms with Gasteiger partial charge in [0.05, 0.1) is 11.0 Å². The van der Waals surface area contributed by atoms with Gasteiger partial charge in [-0.3, -0.25) is 0 Å². The lowest BCUT2D eigenvalue weighted by molar-refractivity contribution is 0.734. The molecule has 3 rings (SSSR count). The van der Waals surface area contributed by atoms with E-state index in [0.717, 1.165) is 40.5 Å². The van der Waals surface area contributed by atoms with Gasteiger partial charge in [-0.1, -0.05) is 23.7 Å². The van der Waals surface area contributed by atoms with Gasteiger partial charge < -0.3 is 10.3 Å². The maximum Gasteiger partial charge on any atom is 0.114 e. The SMILES string of the molecule is CCn1c(Cc2cccc(N)c2)nc2ccc(Cl)cc21. The Hall–Kier alpha value is -2.00. The van der Waals surface area contributed by atoms with Crippen molar-refractivity contribution in [2.75, 3.05) is 5.73 Å². The molecule has 102 valence electrons. The first-order chi connectivity index (χ1) is 9.67. The molecule has 1 aromatic heterocycles. The van der Waals surface area contributed by atoms with Crippen LogP contribution in [0.1, 0.15) is 18.3 Å². The van der Waals surface area contributed by atoms with E-state index in [9.17, 15) is 0 Å². The van der Waals surface area contributed by atoms with Gasteiger partial charge in [0.25, 0.3) is 0 Å². The van der Waals surface area contributed by atoms with E-state index in [1.54, 1.807) is 0 Å². The predicted molar refractivity (Wildman–Crippen MR) is 84.1 cm³/mol. The highest BCUT2D eigenvalue weighted by molar-refractivity contribution is 6.31. The molecule has 1 heterocycles. The molecule has 0 radical (unpaired) electrons. The Morgan fingerprint density at radius 3 is 2.80 bits per heavy atom. The van der Waals surface area contributed by atoms with Gasteiger partial charge in [-0.15, -0.1) is 0 Å². The number of halogens is 1. The number of aromatic nitrogens is 2. The fourth-order valence-electron chi connectivity index (χ4n) is 2.52. The molecule has 0 atom stereocenters. The van der Waals surface area contributed by atoms with Crippen LogP contribution < -0.4 is 5.73 Å². The monoisotopic (exact) mass is 285 g/mol. The second-order valence-electron chi connectivity index (χ2n) is 4.83. The van der Waals surface area contributed by atoms with Crippen LogP contribution in [0.3, 0.4) is 0 Å². The summed E-state index contributed by atoms with van der Waals surface area (Å²) < 4.78 is 2.20. The summed E-state index contributed by atoms with van der Waals surface area (Å²) in [4.78, 5) is 4.71. The van der Waals surface area contributed by atoms with Crippen LogP contribution in [0.5, 0.6) is 0 Å². The van der Waals surface area contributed by atoms with Crippen LogP contribution in [0, 0.1) is 0 Å². The van der Waals surface area contributed by atoms with Crippen molar-refractivity contribution < 1.29 is 0 Å². The molecule has 4 heteroatoms. The molecule has 0 aliphatic carbocycles. The molecule has 20 heavy (non-hydrogen) atoms. The van der Waals surface area contributed by atoms with Gasteiger partial charge in [0.2, 0.25) is 0 Å². The Bertz CT molecular complexity index is 762. The lowest BCUT2D eigenvalue weighted by atomic mass is 10.1. The Balaban J connectivity index is 2.07. The molecule has 0 saturated carbocycles. The van der Waals surface area contributed by atoms with Crippen molar-refractivity contribution in [1.29, 1.82) is 0 Å². The molecule has 0 bridgehead atoms. The van der Waals surface area contributed by atoms with Crippen molar-refractivity contribution in [2.24, 2.45) is 0 Å². The average molecular weight is 286 g/mol. The van der Waals surface area contributed by atoms with Gasteiger partial charge in [0.1, 0.15) is 5.82 Å². The summed E-state index contributed by atoms with van der Waals surface area (Å²) in [7, 11) is 0. The summed E-state index contributed by atoms with van der Waals surface area (Å²) in [6, 6.07) is 13.7. The number of hydrogen-bond donors (Lipinski definition) is 1. The lowest BCUT2D eigenvalue weighted by Gasteiger charge is -2.06. The molecule has 0 aliphatic heterocycles. The molecule has 0 aliphatic rings. The van der Waals surface area contributed by atoms with Crippen molar-refractivity contribution in [3.8, 4) is 0 Å². The number of nitrogens with zero attached hydrogens (tertiary/aromatic N) is 2. The Labute approximate surface area is 123 Å². The summed E-state index contributed by atoms with van der Waals surface area (Å²) >= 11 is 6.08. The van der Waals surface area contributed by atoms with Crippen molar-refractivity contribution in [2.45, 2.75) is 19.9 Å². The molecule has 2 aromatic carbocycles. The van der Waals surface area contributed by atoms with E-state index >= 15 is 0 Å². The molecular weight excluding hydrogens is 270 g/mol. The minimum Gasteiger partial charge on any atom is -0.399 e. The van der Waals surface area contributed by atoms with Crippen LogP contribution in [-0.2, 0) is 13.0 Å². The van der Waals surface area contributed by atoms with Crippen molar-refractivity contribution >= 4 is 28.3 Å².